The van der Waals surface area contributed by atoms with E-state index in [0.29, 0.717) is 12.8 Å². The molecule has 7 atom stereocenters. The fourth-order valence-corrected chi connectivity index (χ4v) is 7.40. The predicted molar refractivity (Wildman–Crippen MR) is 97.3 cm³/mol. The topological polar surface area (TPSA) is 71.4 Å². The van der Waals surface area contributed by atoms with E-state index in [1.807, 2.05) is 13.0 Å². The third-order valence-corrected chi connectivity index (χ3v) is 8.71. The van der Waals surface area contributed by atoms with Crippen molar-refractivity contribution in [2.45, 2.75) is 71.8 Å². The summed E-state index contributed by atoms with van der Waals surface area (Å²) in [6.45, 7) is 7.76. The highest BCUT2D eigenvalue weighted by atomic mass is 16.3. The zero-order valence-corrected chi connectivity index (χ0v) is 16.3. The summed E-state index contributed by atoms with van der Waals surface area (Å²) in [7, 11) is 0. The number of hydrogen-bond donors (Lipinski definition) is 1. The number of carbonyl (C=O) groups excluding carboxylic acids is 3. The monoisotopic (exact) mass is 358 g/mol. The maximum absolute atomic E-state index is 13.4. The molecule has 0 amide bonds. The number of allylic oxidation sites excluding steroid dienone is 1. The highest BCUT2D eigenvalue weighted by molar-refractivity contribution is 5.94. The first kappa shape index (κ1) is 18.1. The van der Waals surface area contributed by atoms with Crippen molar-refractivity contribution in [3.05, 3.63) is 11.6 Å². The summed E-state index contributed by atoms with van der Waals surface area (Å²) in [5, 5.41) is 11.2. The molecule has 26 heavy (non-hydrogen) atoms. The van der Waals surface area contributed by atoms with Gasteiger partial charge >= 0.3 is 0 Å². The lowest BCUT2D eigenvalue weighted by atomic mass is 9.44. The van der Waals surface area contributed by atoms with Crippen LogP contribution in [0.5, 0.6) is 0 Å². The van der Waals surface area contributed by atoms with Crippen LogP contribution in [0.1, 0.15) is 66.2 Å². The first-order valence-corrected chi connectivity index (χ1v) is 10.1. The molecule has 4 nitrogen and oxygen atoms in total. The van der Waals surface area contributed by atoms with Crippen LogP contribution >= 0.6 is 0 Å². The van der Waals surface area contributed by atoms with Gasteiger partial charge in [-0.2, -0.15) is 0 Å². The molecule has 0 spiro atoms. The number of aliphatic hydroxyl groups is 1. The number of rotatable bonds is 1. The average molecular weight is 358 g/mol. The fraction of sp³-hybridized carbons (Fsp3) is 0.773. The smallest absolute Gasteiger partial charge is 0.161 e. The molecule has 0 aliphatic heterocycles. The Hall–Kier alpha value is -1.29. The van der Waals surface area contributed by atoms with Gasteiger partial charge in [0.25, 0.3) is 0 Å². The van der Waals surface area contributed by atoms with E-state index in [-0.39, 0.29) is 52.9 Å². The van der Waals surface area contributed by atoms with Crippen LogP contribution in [0, 0.1) is 34.5 Å². The van der Waals surface area contributed by atoms with Crippen molar-refractivity contribution in [1.29, 1.82) is 0 Å². The number of carbonyl (C=O) groups is 3. The first-order valence-electron chi connectivity index (χ1n) is 10.1. The van der Waals surface area contributed by atoms with Crippen molar-refractivity contribution in [2.24, 2.45) is 34.5 Å². The van der Waals surface area contributed by atoms with Crippen molar-refractivity contribution in [3.63, 3.8) is 0 Å². The Morgan fingerprint density at radius 2 is 1.92 bits per heavy atom. The Balaban J connectivity index is 1.80. The summed E-state index contributed by atoms with van der Waals surface area (Å²) >= 11 is 0. The maximum atomic E-state index is 13.4. The third kappa shape index (κ3) is 2.02. The number of hydrogen-bond acceptors (Lipinski definition) is 4. The lowest BCUT2D eigenvalue weighted by Gasteiger charge is -2.59. The van der Waals surface area contributed by atoms with E-state index in [4.69, 9.17) is 0 Å². The van der Waals surface area contributed by atoms with Gasteiger partial charge in [0.05, 0.1) is 0 Å². The van der Waals surface area contributed by atoms with Crippen molar-refractivity contribution >= 4 is 17.3 Å². The lowest BCUT2D eigenvalue weighted by Crippen LogP contribution is -2.61. The highest BCUT2D eigenvalue weighted by Crippen LogP contribution is 2.67. The van der Waals surface area contributed by atoms with Crippen LogP contribution < -0.4 is 0 Å². The quantitative estimate of drug-likeness (QED) is 0.781. The van der Waals surface area contributed by atoms with Crippen LogP contribution in [0.4, 0.5) is 0 Å². The Morgan fingerprint density at radius 3 is 2.58 bits per heavy atom. The second-order valence-electron chi connectivity index (χ2n) is 9.88. The molecular formula is C22H30O4. The van der Waals surface area contributed by atoms with E-state index < -0.39 is 11.0 Å². The van der Waals surface area contributed by atoms with E-state index in [9.17, 15) is 19.5 Å². The van der Waals surface area contributed by atoms with Crippen LogP contribution in [-0.4, -0.2) is 28.1 Å². The van der Waals surface area contributed by atoms with Gasteiger partial charge in [0.15, 0.2) is 11.6 Å². The van der Waals surface area contributed by atoms with Gasteiger partial charge in [0.1, 0.15) is 11.4 Å². The van der Waals surface area contributed by atoms with Crippen LogP contribution in [0.3, 0.4) is 0 Å². The molecule has 0 aromatic carbocycles. The lowest BCUT2D eigenvalue weighted by molar-refractivity contribution is -0.168. The average Bonchev–Trinajstić information content (AvgIpc) is 2.81. The second kappa shape index (κ2) is 5.37. The molecule has 3 fully saturated rings. The summed E-state index contributed by atoms with van der Waals surface area (Å²) in [6.07, 6.45) is 5.50. The SMILES string of the molecule is CC(=O)[C@@]1(O)CCC2C3C[C@H](C)C4=CC(=O)CC[C@]4(C)C3C(=O)CC21C. The van der Waals surface area contributed by atoms with Crippen molar-refractivity contribution in [3.8, 4) is 0 Å². The van der Waals surface area contributed by atoms with Crippen molar-refractivity contribution in [2.75, 3.05) is 0 Å². The molecule has 4 aliphatic carbocycles. The molecule has 0 heterocycles. The molecule has 0 radical (unpaired) electrons. The van der Waals surface area contributed by atoms with E-state index in [0.717, 1.165) is 24.8 Å². The normalized spacial score (nSPS) is 50.6. The maximum Gasteiger partial charge on any atom is 0.161 e. The fourth-order valence-electron chi connectivity index (χ4n) is 7.40. The zero-order valence-electron chi connectivity index (χ0n) is 16.3. The minimum atomic E-state index is -1.37. The summed E-state index contributed by atoms with van der Waals surface area (Å²) in [5.41, 5.74) is -1.11. The van der Waals surface area contributed by atoms with E-state index in [2.05, 4.69) is 13.8 Å². The second-order valence-corrected chi connectivity index (χ2v) is 9.88. The Bertz CT molecular complexity index is 736. The van der Waals surface area contributed by atoms with Gasteiger partial charge in [0, 0.05) is 24.2 Å². The van der Waals surface area contributed by atoms with E-state index >= 15 is 0 Å². The van der Waals surface area contributed by atoms with Crippen LogP contribution in [-0.2, 0) is 14.4 Å². The molecule has 3 saturated carbocycles. The van der Waals surface area contributed by atoms with Crippen molar-refractivity contribution in [1.82, 2.24) is 0 Å². The highest BCUT2D eigenvalue weighted by Gasteiger charge is 2.68. The number of fused-ring (bicyclic) bond motifs is 5. The summed E-state index contributed by atoms with van der Waals surface area (Å²) in [5.74, 6) is 0.745. The molecule has 1 N–H and O–H groups in total. The molecule has 0 bridgehead atoms. The van der Waals surface area contributed by atoms with Gasteiger partial charge in [-0.15, -0.1) is 0 Å². The van der Waals surface area contributed by atoms with Crippen LogP contribution in [0.2, 0.25) is 0 Å². The summed E-state index contributed by atoms with van der Waals surface area (Å²) in [6, 6.07) is 0. The summed E-state index contributed by atoms with van der Waals surface area (Å²) in [4.78, 5) is 37.7. The zero-order chi connectivity index (χ0) is 19.1. The van der Waals surface area contributed by atoms with Gasteiger partial charge in [-0.05, 0) is 61.9 Å². The molecule has 0 saturated heterocycles. The van der Waals surface area contributed by atoms with Gasteiger partial charge < -0.3 is 5.11 Å². The molecule has 0 aromatic heterocycles. The molecule has 0 aromatic rings. The van der Waals surface area contributed by atoms with E-state index in [1.165, 1.54) is 6.92 Å². The van der Waals surface area contributed by atoms with E-state index in [1.54, 1.807) is 0 Å². The number of Topliss-reactive ketones (excluding diaryl/α,β-unsaturated/α-hetero) is 2. The molecule has 4 heteroatoms. The van der Waals surface area contributed by atoms with Gasteiger partial charge in [-0.25, -0.2) is 0 Å². The molecule has 4 unspecified atom stereocenters. The summed E-state index contributed by atoms with van der Waals surface area (Å²) < 4.78 is 0. The molecule has 4 aliphatic rings. The molecule has 4 rings (SSSR count). The Kier molecular flexibility index (Phi) is 3.74. The van der Waals surface area contributed by atoms with Crippen molar-refractivity contribution < 1.29 is 19.5 Å². The predicted octanol–water partition coefficient (Wildman–Crippen LogP) is 3.26. The van der Waals surface area contributed by atoms with Crippen LogP contribution in [0.15, 0.2) is 11.6 Å². The molecule has 142 valence electrons. The Labute approximate surface area is 155 Å². The Morgan fingerprint density at radius 1 is 1.23 bits per heavy atom. The van der Waals surface area contributed by atoms with Gasteiger partial charge in [-0.3, -0.25) is 14.4 Å². The minimum absolute atomic E-state index is 0.0783. The largest absolute Gasteiger partial charge is 0.381 e. The molecular weight excluding hydrogens is 328 g/mol. The van der Waals surface area contributed by atoms with Crippen LogP contribution in [0.25, 0.3) is 0 Å². The number of ketones is 3. The van der Waals surface area contributed by atoms with Gasteiger partial charge in [-0.1, -0.05) is 26.3 Å². The standard InChI is InChI=1S/C22H30O4/c1-12-9-15-16-6-8-22(26,13(2)23)21(16,4)11-18(25)19(15)20(3)7-5-14(24)10-17(12)20/h10,12,15-16,19,26H,5-9,11H2,1-4H3/t12-,15?,16?,19?,20-,21?,22-/m0/s1. The third-order valence-electron chi connectivity index (χ3n) is 8.71. The first-order chi connectivity index (χ1) is 12.0. The minimum Gasteiger partial charge on any atom is -0.381 e. The van der Waals surface area contributed by atoms with Gasteiger partial charge in [0.2, 0.25) is 0 Å².